The average Bonchev–Trinajstić information content (AvgIpc) is 2.53. The smallest absolute Gasteiger partial charge is 0.341 e. The van der Waals surface area contributed by atoms with Gasteiger partial charge in [-0.25, -0.2) is 8.42 Å². The molecule has 0 saturated carbocycles. The van der Waals surface area contributed by atoms with Crippen molar-refractivity contribution in [3.05, 3.63) is 29.8 Å². The van der Waals surface area contributed by atoms with E-state index in [2.05, 4.69) is 0 Å². The summed E-state index contributed by atoms with van der Waals surface area (Å²) >= 11 is 0. The first-order valence-corrected chi connectivity index (χ1v) is 9.82. The van der Waals surface area contributed by atoms with Crippen molar-refractivity contribution in [2.75, 3.05) is 23.7 Å². The van der Waals surface area contributed by atoms with Gasteiger partial charge in [0.25, 0.3) is 0 Å². The van der Waals surface area contributed by atoms with Crippen molar-refractivity contribution < 1.29 is 26.4 Å². The van der Waals surface area contributed by atoms with Gasteiger partial charge in [-0.1, -0.05) is 6.07 Å². The average molecular weight is 378 g/mol. The van der Waals surface area contributed by atoms with Gasteiger partial charge in [0, 0.05) is 13.1 Å². The number of benzene rings is 1. The number of sulfonamides is 1. The molecule has 1 aliphatic heterocycles. The molecule has 1 saturated heterocycles. The van der Waals surface area contributed by atoms with Crippen LogP contribution in [0.2, 0.25) is 0 Å². The number of anilines is 1. The highest BCUT2D eigenvalue weighted by Gasteiger charge is 2.35. The molecule has 1 heterocycles. The van der Waals surface area contributed by atoms with Crippen LogP contribution in [0.5, 0.6) is 0 Å². The van der Waals surface area contributed by atoms with Crippen molar-refractivity contribution in [3.8, 4) is 0 Å². The Morgan fingerprint density at radius 2 is 1.80 bits per heavy atom. The maximum atomic E-state index is 12.9. The second-order valence-corrected chi connectivity index (χ2v) is 8.03. The van der Waals surface area contributed by atoms with Crippen LogP contribution in [0, 0.1) is 0 Å². The molecule has 1 aromatic carbocycles. The Balaban J connectivity index is 2.38. The van der Waals surface area contributed by atoms with Crippen LogP contribution in [0.4, 0.5) is 18.9 Å². The zero-order valence-corrected chi connectivity index (χ0v) is 14.9. The summed E-state index contributed by atoms with van der Waals surface area (Å²) in [4.78, 5) is 14.2. The molecule has 5 nitrogen and oxygen atoms in total. The van der Waals surface area contributed by atoms with Gasteiger partial charge < -0.3 is 4.90 Å². The summed E-state index contributed by atoms with van der Waals surface area (Å²) in [5, 5.41) is 0. The predicted octanol–water partition coefficient (Wildman–Crippen LogP) is 2.87. The number of likely N-dealkylation sites (tertiary alicyclic amines) is 1. The van der Waals surface area contributed by atoms with E-state index < -0.39 is 33.7 Å². The second kappa shape index (κ2) is 7.23. The van der Waals surface area contributed by atoms with Gasteiger partial charge in [0.05, 0.1) is 17.5 Å². The fourth-order valence-electron chi connectivity index (χ4n) is 3.00. The lowest BCUT2D eigenvalue weighted by atomic mass is 10.1. The summed E-state index contributed by atoms with van der Waals surface area (Å²) in [6.45, 7) is 2.46. The molecule has 0 N–H and O–H groups in total. The molecule has 0 aliphatic carbocycles. The molecule has 0 aromatic heterocycles. The standard InChI is InChI=1S/C16H21F3N2O3S/c1-12(15(22)20-9-4-3-5-10-20)21(25(2,23)24)14-8-6-7-13(11-14)16(17,18)19/h6-8,11-12H,3-5,9-10H2,1-2H3. The molecule has 25 heavy (non-hydrogen) atoms. The first-order valence-electron chi connectivity index (χ1n) is 7.97. The zero-order chi connectivity index (χ0) is 18.8. The molecular formula is C16H21F3N2O3S. The summed E-state index contributed by atoms with van der Waals surface area (Å²) in [6.07, 6.45) is -1.05. The number of hydrogen-bond acceptors (Lipinski definition) is 3. The van der Waals surface area contributed by atoms with E-state index in [9.17, 15) is 26.4 Å². The van der Waals surface area contributed by atoms with Crippen LogP contribution < -0.4 is 4.31 Å². The van der Waals surface area contributed by atoms with Gasteiger partial charge >= 0.3 is 6.18 Å². The van der Waals surface area contributed by atoms with Gasteiger partial charge in [-0.15, -0.1) is 0 Å². The number of alkyl halides is 3. The molecular weight excluding hydrogens is 357 g/mol. The molecule has 2 rings (SSSR count). The lowest BCUT2D eigenvalue weighted by molar-refractivity contribution is -0.137. The van der Waals surface area contributed by atoms with Gasteiger partial charge in [0.1, 0.15) is 6.04 Å². The van der Waals surface area contributed by atoms with E-state index in [4.69, 9.17) is 0 Å². The number of amides is 1. The molecule has 1 aromatic rings. The highest BCUT2D eigenvalue weighted by Crippen LogP contribution is 2.33. The van der Waals surface area contributed by atoms with Crippen LogP contribution in [0.15, 0.2) is 24.3 Å². The minimum absolute atomic E-state index is 0.171. The van der Waals surface area contributed by atoms with Crippen LogP contribution in [0.1, 0.15) is 31.7 Å². The third-order valence-electron chi connectivity index (χ3n) is 4.16. The highest BCUT2D eigenvalue weighted by atomic mass is 32.2. The van der Waals surface area contributed by atoms with Crippen molar-refractivity contribution in [2.24, 2.45) is 0 Å². The van der Waals surface area contributed by atoms with Crippen molar-refractivity contribution in [1.29, 1.82) is 0 Å². The van der Waals surface area contributed by atoms with E-state index in [0.717, 1.165) is 48.0 Å². The SMILES string of the molecule is CC(C(=O)N1CCCCC1)N(c1cccc(C(F)(F)F)c1)S(C)(=O)=O. The van der Waals surface area contributed by atoms with Crippen LogP contribution >= 0.6 is 0 Å². The maximum Gasteiger partial charge on any atom is 0.416 e. The minimum Gasteiger partial charge on any atom is -0.341 e. The summed E-state index contributed by atoms with van der Waals surface area (Å²) in [7, 11) is -3.94. The maximum absolute atomic E-state index is 12.9. The lowest BCUT2D eigenvalue weighted by Gasteiger charge is -2.34. The Kier molecular flexibility index (Phi) is 5.65. The molecule has 1 unspecified atom stereocenters. The molecule has 0 spiro atoms. The van der Waals surface area contributed by atoms with Gasteiger partial charge in [-0.2, -0.15) is 13.2 Å². The molecule has 0 bridgehead atoms. The molecule has 1 atom stereocenters. The Hall–Kier alpha value is -1.77. The van der Waals surface area contributed by atoms with Crippen LogP contribution in [0.3, 0.4) is 0 Å². The van der Waals surface area contributed by atoms with Crippen molar-refractivity contribution in [1.82, 2.24) is 4.90 Å². The van der Waals surface area contributed by atoms with Crippen LogP contribution in [0.25, 0.3) is 0 Å². The fourth-order valence-corrected chi connectivity index (χ4v) is 4.16. The summed E-state index contributed by atoms with van der Waals surface area (Å²) < 4.78 is 64.0. The summed E-state index contributed by atoms with van der Waals surface area (Å²) in [6, 6.07) is 2.89. The van der Waals surface area contributed by atoms with Crippen molar-refractivity contribution in [3.63, 3.8) is 0 Å². The Morgan fingerprint density at radius 3 is 2.32 bits per heavy atom. The molecule has 1 fully saturated rings. The third kappa shape index (κ3) is 4.65. The predicted molar refractivity (Wildman–Crippen MR) is 88.7 cm³/mol. The fraction of sp³-hybridized carbons (Fsp3) is 0.562. The molecule has 0 radical (unpaired) electrons. The van der Waals surface area contributed by atoms with E-state index in [1.165, 1.54) is 13.0 Å². The van der Waals surface area contributed by atoms with E-state index in [1.54, 1.807) is 4.90 Å². The third-order valence-corrected chi connectivity index (χ3v) is 5.40. The Labute approximate surface area is 145 Å². The summed E-state index contributed by atoms with van der Waals surface area (Å²) in [5.74, 6) is -0.400. The zero-order valence-electron chi connectivity index (χ0n) is 14.1. The number of nitrogens with zero attached hydrogens (tertiary/aromatic N) is 2. The molecule has 9 heteroatoms. The minimum atomic E-state index is -4.60. The summed E-state index contributed by atoms with van der Waals surface area (Å²) in [5.41, 5.74) is -1.13. The number of rotatable bonds is 4. The normalized spacial score (nSPS) is 17.2. The number of hydrogen-bond donors (Lipinski definition) is 0. The van der Waals surface area contributed by atoms with Gasteiger partial charge in [-0.05, 0) is 44.4 Å². The first-order chi connectivity index (χ1) is 11.5. The number of piperidine rings is 1. The largest absolute Gasteiger partial charge is 0.416 e. The van der Waals surface area contributed by atoms with E-state index in [1.807, 2.05) is 0 Å². The Morgan fingerprint density at radius 1 is 1.20 bits per heavy atom. The van der Waals surface area contributed by atoms with Gasteiger partial charge in [0.15, 0.2) is 0 Å². The van der Waals surface area contributed by atoms with E-state index in [0.29, 0.717) is 13.1 Å². The lowest BCUT2D eigenvalue weighted by Crippen LogP contribution is -2.50. The van der Waals surface area contributed by atoms with Crippen LogP contribution in [-0.4, -0.2) is 44.6 Å². The monoisotopic (exact) mass is 378 g/mol. The molecule has 1 amide bonds. The molecule has 140 valence electrons. The topological polar surface area (TPSA) is 57.7 Å². The van der Waals surface area contributed by atoms with E-state index >= 15 is 0 Å². The van der Waals surface area contributed by atoms with Crippen LogP contribution in [-0.2, 0) is 21.0 Å². The van der Waals surface area contributed by atoms with Gasteiger partial charge in [0.2, 0.25) is 15.9 Å². The second-order valence-electron chi connectivity index (χ2n) is 6.17. The highest BCUT2D eigenvalue weighted by molar-refractivity contribution is 7.92. The number of carbonyl (C=O) groups excluding carboxylic acids is 1. The van der Waals surface area contributed by atoms with Crippen molar-refractivity contribution in [2.45, 2.75) is 38.4 Å². The number of halogens is 3. The molecule has 1 aliphatic rings. The number of carbonyl (C=O) groups is 1. The first kappa shape index (κ1) is 19.6. The van der Waals surface area contributed by atoms with E-state index in [-0.39, 0.29) is 5.69 Å². The Bertz CT molecular complexity index is 728. The van der Waals surface area contributed by atoms with Gasteiger partial charge in [-0.3, -0.25) is 9.10 Å². The van der Waals surface area contributed by atoms with Crippen molar-refractivity contribution >= 4 is 21.6 Å². The quantitative estimate of drug-likeness (QED) is 0.810.